The largest absolute Gasteiger partial charge is 0.347 e. The molecule has 0 fully saturated rings. The molecule has 0 radical (unpaired) electrons. The van der Waals surface area contributed by atoms with E-state index in [0.29, 0.717) is 22.4 Å². The van der Waals surface area contributed by atoms with Crippen molar-refractivity contribution >= 4 is 0 Å². The Balaban J connectivity index is 2.43. The average molecular weight is 215 g/mol. The predicted molar refractivity (Wildman–Crippen MR) is 59.7 cm³/mol. The van der Waals surface area contributed by atoms with E-state index in [2.05, 4.69) is 4.98 Å². The van der Waals surface area contributed by atoms with E-state index in [1.807, 2.05) is 24.3 Å². The van der Waals surface area contributed by atoms with Crippen molar-refractivity contribution < 1.29 is 0 Å². The van der Waals surface area contributed by atoms with Crippen LogP contribution in [0.25, 0.3) is 11.3 Å². The van der Waals surface area contributed by atoms with Crippen LogP contribution in [0, 0.1) is 0 Å². The number of aromatic amines is 1. The molecule has 3 rings (SSSR count). The Bertz CT molecular complexity index is 697. The topological polar surface area (TPSA) is 80.9 Å². The van der Waals surface area contributed by atoms with E-state index in [-0.39, 0.29) is 0 Å². The monoisotopic (exact) mass is 215 g/mol. The number of hydrogen-bond donors (Lipinski definition) is 2. The first-order chi connectivity index (χ1) is 7.68. The van der Waals surface area contributed by atoms with Crippen molar-refractivity contribution in [3.63, 3.8) is 0 Å². The second-order valence-corrected chi connectivity index (χ2v) is 3.79. The SMILES string of the molecule is Nn1c(=O)[nH]c2c(c1=O)Cc1ccccc1-2. The number of nitrogens with two attached hydrogens (primary N) is 1. The van der Waals surface area contributed by atoms with Gasteiger partial charge in [0, 0.05) is 17.5 Å². The van der Waals surface area contributed by atoms with Gasteiger partial charge in [-0.15, -0.1) is 0 Å². The molecule has 0 saturated carbocycles. The third kappa shape index (κ3) is 0.995. The molecule has 1 aliphatic carbocycles. The van der Waals surface area contributed by atoms with Crippen molar-refractivity contribution in [1.82, 2.24) is 9.66 Å². The van der Waals surface area contributed by atoms with Gasteiger partial charge in [0.05, 0.1) is 5.69 Å². The zero-order chi connectivity index (χ0) is 11.3. The molecule has 0 amide bonds. The molecule has 1 aliphatic rings. The van der Waals surface area contributed by atoms with Crippen molar-refractivity contribution in [2.75, 3.05) is 5.84 Å². The second-order valence-electron chi connectivity index (χ2n) is 3.79. The quantitative estimate of drug-likeness (QED) is 0.510. The van der Waals surface area contributed by atoms with E-state index in [4.69, 9.17) is 5.84 Å². The number of nitrogens with zero attached hydrogens (tertiary/aromatic N) is 1. The molecule has 1 aromatic carbocycles. The molecule has 0 unspecified atom stereocenters. The maximum absolute atomic E-state index is 11.8. The normalized spacial score (nSPS) is 12.2. The summed E-state index contributed by atoms with van der Waals surface area (Å²) in [6.45, 7) is 0. The summed E-state index contributed by atoms with van der Waals surface area (Å²) in [5.41, 5.74) is 2.11. The van der Waals surface area contributed by atoms with Gasteiger partial charge in [0.1, 0.15) is 0 Å². The van der Waals surface area contributed by atoms with Crippen molar-refractivity contribution in [2.24, 2.45) is 0 Å². The number of rotatable bonds is 0. The highest BCUT2D eigenvalue weighted by molar-refractivity contribution is 5.72. The van der Waals surface area contributed by atoms with Gasteiger partial charge < -0.3 is 10.8 Å². The van der Waals surface area contributed by atoms with Gasteiger partial charge in [-0.05, 0) is 5.56 Å². The van der Waals surface area contributed by atoms with Crippen LogP contribution in [0.1, 0.15) is 11.1 Å². The molecule has 0 spiro atoms. The van der Waals surface area contributed by atoms with Crippen molar-refractivity contribution in [3.8, 4) is 11.3 Å². The Labute approximate surface area is 90.1 Å². The highest BCUT2D eigenvalue weighted by Crippen LogP contribution is 2.31. The molecule has 3 N–H and O–H groups in total. The van der Waals surface area contributed by atoms with Gasteiger partial charge in [-0.3, -0.25) is 4.79 Å². The van der Waals surface area contributed by atoms with Gasteiger partial charge in [0.15, 0.2) is 0 Å². The molecular weight excluding hydrogens is 206 g/mol. The van der Waals surface area contributed by atoms with E-state index in [1.54, 1.807) is 0 Å². The first kappa shape index (κ1) is 8.96. The fourth-order valence-electron chi connectivity index (χ4n) is 2.09. The highest BCUT2D eigenvalue weighted by Gasteiger charge is 2.23. The maximum Gasteiger partial charge on any atom is 0.347 e. The molecule has 0 atom stereocenters. The van der Waals surface area contributed by atoms with Crippen LogP contribution in [0.5, 0.6) is 0 Å². The van der Waals surface area contributed by atoms with Gasteiger partial charge in [-0.1, -0.05) is 24.3 Å². The molecule has 5 heteroatoms. The first-order valence-corrected chi connectivity index (χ1v) is 4.90. The summed E-state index contributed by atoms with van der Waals surface area (Å²) in [4.78, 5) is 25.8. The van der Waals surface area contributed by atoms with E-state index in [0.717, 1.165) is 11.1 Å². The standard InChI is InChI=1S/C11H9N3O2/c12-14-10(15)8-5-6-3-1-2-4-7(6)9(8)13-11(14)16/h1-4H,5,12H2,(H,13,16). The molecule has 0 saturated heterocycles. The van der Waals surface area contributed by atoms with Crippen molar-refractivity contribution in [2.45, 2.75) is 6.42 Å². The number of benzene rings is 1. The molecule has 80 valence electrons. The Hall–Kier alpha value is -2.30. The molecule has 2 aromatic rings. The number of aromatic nitrogens is 2. The molecular formula is C11H9N3O2. The lowest BCUT2D eigenvalue weighted by Crippen LogP contribution is -2.42. The van der Waals surface area contributed by atoms with Gasteiger partial charge in [0.25, 0.3) is 5.56 Å². The Morgan fingerprint density at radius 1 is 1.25 bits per heavy atom. The first-order valence-electron chi connectivity index (χ1n) is 4.90. The summed E-state index contributed by atoms with van der Waals surface area (Å²) in [6, 6.07) is 7.61. The maximum atomic E-state index is 11.8. The number of hydrogen-bond acceptors (Lipinski definition) is 3. The van der Waals surface area contributed by atoms with Crippen LogP contribution in [0.4, 0.5) is 0 Å². The van der Waals surface area contributed by atoms with Crippen LogP contribution in [-0.4, -0.2) is 9.66 Å². The van der Waals surface area contributed by atoms with Gasteiger partial charge in [-0.2, -0.15) is 4.68 Å². The third-order valence-electron chi connectivity index (χ3n) is 2.88. The van der Waals surface area contributed by atoms with E-state index < -0.39 is 11.2 Å². The van der Waals surface area contributed by atoms with E-state index in [9.17, 15) is 9.59 Å². The summed E-state index contributed by atoms with van der Waals surface area (Å²) < 4.78 is 0.616. The van der Waals surface area contributed by atoms with E-state index >= 15 is 0 Å². The fraction of sp³-hybridized carbons (Fsp3) is 0.0909. The zero-order valence-electron chi connectivity index (χ0n) is 8.36. The molecule has 1 aromatic heterocycles. The van der Waals surface area contributed by atoms with Crippen LogP contribution in [0.2, 0.25) is 0 Å². The Morgan fingerprint density at radius 3 is 2.81 bits per heavy atom. The second kappa shape index (κ2) is 2.85. The van der Waals surface area contributed by atoms with Crippen LogP contribution in [0.3, 0.4) is 0 Å². The third-order valence-corrected chi connectivity index (χ3v) is 2.88. The minimum atomic E-state index is -0.583. The molecule has 5 nitrogen and oxygen atoms in total. The minimum Gasteiger partial charge on any atom is -0.332 e. The summed E-state index contributed by atoms with van der Waals surface area (Å²) >= 11 is 0. The Kier molecular flexibility index (Phi) is 1.60. The highest BCUT2D eigenvalue weighted by atomic mass is 16.2. The number of H-pyrrole nitrogens is 1. The van der Waals surface area contributed by atoms with Crippen LogP contribution in [0.15, 0.2) is 33.9 Å². The Morgan fingerprint density at radius 2 is 2.00 bits per heavy atom. The predicted octanol–water partition coefficient (Wildman–Crippen LogP) is -0.178. The van der Waals surface area contributed by atoms with Gasteiger partial charge >= 0.3 is 5.69 Å². The fourth-order valence-corrected chi connectivity index (χ4v) is 2.09. The molecule has 1 heterocycles. The van der Waals surface area contributed by atoms with Crippen molar-refractivity contribution in [3.05, 3.63) is 56.2 Å². The van der Waals surface area contributed by atoms with Crippen LogP contribution in [-0.2, 0) is 6.42 Å². The van der Waals surface area contributed by atoms with Crippen LogP contribution < -0.4 is 17.1 Å². The number of nitrogen functional groups attached to an aromatic ring is 1. The minimum absolute atomic E-state index is 0.421. The molecule has 0 bridgehead atoms. The molecule has 16 heavy (non-hydrogen) atoms. The van der Waals surface area contributed by atoms with Gasteiger partial charge in [-0.25, -0.2) is 4.79 Å². The van der Waals surface area contributed by atoms with E-state index in [1.165, 1.54) is 0 Å². The lowest BCUT2D eigenvalue weighted by Gasteiger charge is -2.01. The summed E-state index contributed by atoms with van der Waals surface area (Å²) in [7, 11) is 0. The zero-order valence-corrected chi connectivity index (χ0v) is 8.36. The lowest BCUT2D eigenvalue weighted by molar-refractivity contribution is 0.821. The summed E-state index contributed by atoms with van der Waals surface area (Å²) in [5, 5.41) is 0. The lowest BCUT2D eigenvalue weighted by atomic mass is 10.1. The summed E-state index contributed by atoms with van der Waals surface area (Å²) in [5.74, 6) is 5.35. The van der Waals surface area contributed by atoms with Crippen LogP contribution >= 0.6 is 0 Å². The summed E-state index contributed by atoms with van der Waals surface area (Å²) in [6.07, 6.45) is 0.526. The smallest absolute Gasteiger partial charge is 0.332 e. The van der Waals surface area contributed by atoms with Gasteiger partial charge in [0.2, 0.25) is 0 Å². The average Bonchev–Trinajstić information content (AvgIpc) is 2.65. The number of nitrogens with one attached hydrogen (secondary N) is 1. The number of fused-ring (bicyclic) bond motifs is 3. The molecule has 0 aliphatic heterocycles. The van der Waals surface area contributed by atoms with Crippen molar-refractivity contribution in [1.29, 1.82) is 0 Å².